The predicted octanol–water partition coefficient (Wildman–Crippen LogP) is 2.81. The molecular formula is C8H7Br2FO2S. The van der Waals surface area contributed by atoms with Gasteiger partial charge < -0.3 is 0 Å². The van der Waals surface area contributed by atoms with E-state index in [1.165, 1.54) is 24.3 Å². The first-order valence-corrected chi connectivity index (χ1v) is 7.20. The number of alkyl halides is 2. The molecule has 6 heteroatoms. The third kappa shape index (κ3) is 3.33. The molecule has 0 heterocycles. The van der Waals surface area contributed by atoms with E-state index in [-0.39, 0.29) is 11.6 Å². The minimum Gasteiger partial charge on any atom is -0.226 e. The zero-order valence-corrected chi connectivity index (χ0v) is 10.9. The average molecular weight is 346 g/mol. The number of benzene rings is 1. The van der Waals surface area contributed by atoms with Gasteiger partial charge in [0.1, 0.15) is 5.82 Å². The number of hydrogen-bond donors (Lipinski definition) is 0. The van der Waals surface area contributed by atoms with E-state index in [1.54, 1.807) is 0 Å². The maximum absolute atomic E-state index is 12.5. The second kappa shape index (κ2) is 4.72. The largest absolute Gasteiger partial charge is 0.226 e. The molecule has 0 aliphatic rings. The molecule has 0 aromatic heterocycles. The van der Waals surface area contributed by atoms with Crippen LogP contribution in [-0.2, 0) is 15.6 Å². The Morgan fingerprint density at radius 2 is 1.71 bits per heavy atom. The Morgan fingerprint density at radius 1 is 1.21 bits per heavy atom. The predicted molar refractivity (Wildman–Crippen MR) is 60.7 cm³/mol. The molecule has 0 N–H and O–H groups in total. The minimum atomic E-state index is -3.25. The molecule has 1 aromatic carbocycles. The molecule has 1 aromatic rings. The maximum Gasteiger partial charge on any atom is 0.177 e. The van der Waals surface area contributed by atoms with Gasteiger partial charge in [-0.15, -0.1) is 0 Å². The van der Waals surface area contributed by atoms with Gasteiger partial charge in [0.05, 0.1) is 5.75 Å². The van der Waals surface area contributed by atoms with Gasteiger partial charge in [0.25, 0.3) is 0 Å². The van der Waals surface area contributed by atoms with Crippen LogP contribution < -0.4 is 0 Å². The van der Waals surface area contributed by atoms with Crippen LogP contribution in [0, 0.1) is 5.82 Å². The minimum absolute atomic E-state index is 0.117. The van der Waals surface area contributed by atoms with Crippen LogP contribution in [0.4, 0.5) is 4.39 Å². The zero-order chi connectivity index (χ0) is 10.8. The van der Waals surface area contributed by atoms with Gasteiger partial charge in [-0.2, -0.15) is 0 Å². The molecule has 0 atom stereocenters. The smallest absolute Gasteiger partial charge is 0.177 e. The van der Waals surface area contributed by atoms with Crippen molar-refractivity contribution in [3.63, 3.8) is 0 Å². The monoisotopic (exact) mass is 344 g/mol. The average Bonchev–Trinajstić information content (AvgIpc) is 2.08. The van der Waals surface area contributed by atoms with Crippen LogP contribution in [0.25, 0.3) is 0 Å². The first kappa shape index (κ1) is 12.1. The molecule has 14 heavy (non-hydrogen) atoms. The van der Waals surface area contributed by atoms with Crippen molar-refractivity contribution in [1.82, 2.24) is 0 Å². The summed E-state index contributed by atoms with van der Waals surface area (Å²) in [6.07, 6.45) is 0. The molecule has 0 radical (unpaired) electrons. The van der Waals surface area contributed by atoms with Gasteiger partial charge in [0, 0.05) is 0 Å². The molecular weight excluding hydrogens is 339 g/mol. The number of sulfone groups is 1. The summed E-state index contributed by atoms with van der Waals surface area (Å²) in [5.74, 6) is -0.491. The highest BCUT2D eigenvalue weighted by Crippen LogP contribution is 2.20. The Hall–Kier alpha value is 0.0600. The first-order valence-electron chi connectivity index (χ1n) is 3.66. The number of rotatable bonds is 3. The van der Waals surface area contributed by atoms with Crippen LogP contribution in [0.3, 0.4) is 0 Å². The molecule has 0 saturated carbocycles. The van der Waals surface area contributed by atoms with Gasteiger partial charge >= 0.3 is 0 Å². The van der Waals surface area contributed by atoms with Gasteiger partial charge in [-0.1, -0.05) is 44.0 Å². The molecule has 0 spiro atoms. The molecule has 2 nitrogen and oxygen atoms in total. The Balaban J connectivity index is 2.85. The highest BCUT2D eigenvalue weighted by atomic mass is 79.9. The Kier molecular flexibility index (Phi) is 4.09. The van der Waals surface area contributed by atoms with Gasteiger partial charge in [-0.3, -0.25) is 0 Å². The topological polar surface area (TPSA) is 34.1 Å². The fourth-order valence-corrected chi connectivity index (χ4v) is 2.45. The zero-order valence-electron chi connectivity index (χ0n) is 6.95. The highest BCUT2D eigenvalue weighted by Gasteiger charge is 2.19. The highest BCUT2D eigenvalue weighted by molar-refractivity contribution is 9.27. The summed E-state index contributed by atoms with van der Waals surface area (Å²) in [7, 11) is -3.25. The quantitative estimate of drug-likeness (QED) is 0.789. The third-order valence-corrected chi connectivity index (χ3v) is 6.25. The van der Waals surface area contributed by atoms with Crippen molar-refractivity contribution < 1.29 is 12.8 Å². The molecule has 0 aliphatic heterocycles. The van der Waals surface area contributed by atoms with Crippen molar-refractivity contribution in [2.24, 2.45) is 0 Å². The van der Waals surface area contributed by atoms with Gasteiger partial charge in [0.2, 0.25) is 0 Å². The standard InChI is InChI=1S/C8H7Br2FO2S/c9-8(10)14(12,13)5-6-1-3-7(11)4-2-6/h1-4,8H,5H2. The number of halogens is 3. The lowest BCUT2D eigenvalue weighted by Gasteiger charge is -2.04. The molecule has 0 amide bonds. The normalized spacial score (nSPS) is 12.0. The summed E-state index contributed by atoms with van der Waals surface area (Å²) < 4.78 is 34.5. The van der Waals surface area contributed by atoms with E-state index in [2.05, 4.69) is 31.9 Å². The fourth-order valence-electron chi connectivity index (χ4n) is 0.876. The summed E-state index contributed by atoms with van der Waals surface area (Å²) in [5, 5.41) is 0. The van der Waals surface area contributed by atoms with Crippen molar-refractivity contribution in [3.05, 3.63) is 35.6 Å². The summed E-state index contributed by atoms with van der Waals surface area (Å²) in [6.45, 7) is 0. The van der Waals surface area contributed by atoms with Crippen molar-refractivity contribution in [1.29, 1.82) is 0 Å². The summed E-state index contributed by atoms with van der Waals surface area (Å²) in [4.78, 5) is 0. The third-order valence-electron chi connectivity index (χ3n) is 1.55. The molecule has 0 aliphatic carbocycles. The lowest BCUT2D eigenvalue weighted by Crippen LogP contribution is -2.10. The van der Waals surface area contributed by atoms with E-state index in [1.807, 2.05) is 0 Å². The van der Waals surface area contributed by atoms with E-state index in [0.717, 1.165) is 0 Å². The Morgan fingerprint density at radius 3 is 2.14 bits per heavy atom. The molecule has 0 saturated heterocycles. The van der Waals surface area contributed by atoms with Crippen LogP contribution in [0.15, 0.2) is 24.3 Å². The molecule has 0 bridgehead atoms. The molecule has 78 valence electrons. The van der Waals surface area contributed by atoms with Crippen LogP contribution in [0.2, 0.25) is 0 Å². The molecule has 0 unspecified atom stereocenters. The maximum atomic E-state index is 12.5. The van der Waals surface area contributed by atoms with E-state index in [4.69, 9.17) is 0 Å². The number of hydrogen-bond acceptors (Lipinski definition) is 2. The van der Waals surface area contributed by atoms with Crippen LogP contribution in [0.1, 0.15) is 5.56 Å². The molecule has 0 fully saturated rings. The van der Waals surface area contributed by atoms with Crippen LogP contribution in [0.5, 0.6) is 0 Å². The van der Waals surface area contributed by atoms with Crippen molar-refractivity contribution >= 4 is 41.7 Å². The summed E-state index contributed by atoms with van der Waals surface area (Å²) in [5.41, 5.74) is 0.565. The Labute approximate surface area is 98.7 Å². The van der Waals surface area contributed by atoms with Gasteiger partial charge in [-0.05, 0) is 17.7 Å². The van der Waals surface area contributed by atoms with Gasteiger partial charge in [0.15, 0.2) is 12.9 Å². The van der Waals surface area contributed by atoms with E-state index in [0.29, 0.717) is 5.56 Å². The second-order valence-electron chi connectivity index (χ2n) is 2.69. The SMILES string of the molecule is O=S(=O)(Cc1ccc(F)cc1)C(Br)Br. The fraction of sp³-hybridized carbons (Fsp3) is 0.250. The van der Waals surface area contributed by atoms with E-state index in [9.17, 15) is 12.8 Å². The van der Waals surface area contributed by atoms with Crippen molar-refractivity contribution in [3.8, 4) is 0 Å². The lowest BCUT2D eigenvalue weighted by molar-refractivity contribution is 0.598. The summed E-state index contributed by atoms with van der Waals surface area (Å²) >= 11 is 5.84. The van der Waals surface area contributed by atoms with Gasteiger partial charge in [-0.25, -0.2) is 12.8 Å². The lowest BCUT2D eigenvalue weighted by atomic mass is 10.2. The van der Waals surface area contributed by atoms with Crippen molar-refractivity contribution in [2.45, 2.75) is 8.82 Å². The van der Waals surface area contributed by atoms with Crippen LogP contribution in [-0.4, -0.2) is 11.5 Å². The van der Waals surface area contributed by atoms with Crippen molar-refractivity contribution in [2.75, 3.05) is 0 Å². The van der Waals surface area contributed by atoms with E-state index < -0.39 is 12.9 Å². The second-order valence-corrected chi connectivity index (χ2v) is 9.05. The first-order chi connectivity index (χ1) is 6.42. The molecule has 1 rings (SSSR count). The summed E-state index contributed by atoms with van der Waals surface area (Å²) in [6, 6.07) is 5.38. The Bertz CT molecular complexity index is 400. The van der Waals surface area contributed by atoms with Crippen LogP contribution >= 0.6 is 31.9 Å². The van der Waals surface area contributed by atoms with E-state index >= 15 is 0 Å².